The second-order valence-corrected chi connectivity index (χ2v) is 11.9. The van der Waals surface area contributed by atoms with Crippen LogP contribution in [0, 0.1) is 5.92 Å². The smallest absolute Gasteiger partial charge is 0.408 e. The van der Waals surface area contributed by atoms with Crippen LogP contribution in [0.4, 0.5) is 4.79 Å². The van der Waals surface area contributed by atoms with Gasteiger partial charge in [0, 0.05) is 11.6 Å². The van der Waals surface area contributed by atoms with E-state index >= 15 is 0 Å². The van der Waals surface area contributed by atoms with Crippen molar-refractivity contribution in [1.82, 2.24) is 15.5 Å². The average Bonchev–Trinajstić information content (AvgIpc) is 2.72. The van der Waals surface area contributed by atoms with Gasteiger partial charge < -0.3 is 20.3 Å². The molecule has 36 heavy (non-hydrogen) atoms. The van der Waals surface area contributed by atoms with Crippen molar-refractivity contribution in [1.29, 1.82) is 0 Å². The minimum Gasteiger partial charge on any atom is -0.444 e. The molecule has 0 heterocycles. The molecule has 200 valence electrons. The summed E-state index contributed by atoms with van der Waals surface area (Å²) in [5.41, 5.74) is 0.410. The van der Waals surface area contributed by atoms with Crippen molar-refractivity contribution >= 4 is 24.0 Å². The molecule has 1 fully saturated rings. The number of amides is 3. The Morgan fingerprint density at radius 2 is 1.81 bits per heavy atom. The van der Waals surface area contributed by atoms with Gasteiger partial charge in [0.05, 0.1) is 0 Å². The van der Waals surface area contributed by atoms with Crippen LogP contribution in [0.2, 0.25) is 0 Å². The number of hydrogen-bond donors (Lipinski definition) is 2. The number of alkyl carbamates (subject to hydrolysis) is 1. The molecule has 0 saturated heterocycles. The van der Waals surface area contributed by atoms with E-state index in [2.05, 4.69) is 17.2 Å². The van der Waals surface area contributed by atoms with Crippen LogP contribution in [0.3, 0.4) is 0 Å². The molecule has 3 atom stereocenters. The van der Waals surface area contributed by atoms with Crippen molar-refractivity contribution in [2.75, 3.05) is 0 Å². The molecule has 2 rings (SSSR count). The predicted molar refractivity (Wildman–Crippen MR) is 144 cm³/mol. The molecule has 1 saturated carbocycles. The summed E-state index contributed by atoms with van der Waals surface area (Å²) in [5.74, 6) is -0.666. The van der Waals surface area contributed by atoms with Gasteiger partial charge in [0.1, 0.15) is 17.7 Å². The highest BCUT2D eigenvalue weighted by Gasteiger charge is 2.43. The number of carbonyl (C=O) groups excluding carboxylic acids is 3. The zero-order chi connectivity index (χ0) is 27.3. The van der Waals surface area contributed by atoms with Gasteiger partial charge in [-0.15, -0.1) is 0 Å². The SMILES string of the molecule is C=Cc1cccc(C(C(=O)NC(C)(C)C)N(C(=O)C(NC(=O)OC(C)(C)C)C(C)CC)C2CCC2)c1. The molecule has 7 nitrogen and oxygen atoms in total. The van der Waals surface area contributed by atoms with Gasteiger partial charge in [-0.05, 0) is 83.9 Å². The summed E-state index contributed by atoms with van der Waals surface area (Å²) in [6, 6.07) is 5.81. The third-order valence-corrected chi connectivity index (χ3v) is 6.36. The molecule has 3 unspecified atom stereocenters. The van der Waals surface area contributed by atoms with Crippen molar-refractivity contribution in [3.05, 3.63) is 42.0 Å². The first-order chi connectivity index (χ1) is 16.7. The number of hydrogen-bond acceptors (Lipinski definition) is 4. The molecule has 1 aromatic carbocycles. The van der Waals surface area contributed by atoms with Crippen molar-refractivity contribution in [3.63, 3.8) is 0 Å². The molecule has 3 amide bonds. The highest BCUT2D eigenvalue weighted by Crippen LogP contribution is 2.35. The fourth-order valence-corrected chi connectivity index (χ4v) is 4.19. The standard InChI is InChI=1S/C29H45N3O4/c1-10-19(3)23(30-27(35)36-29(7,8)9)26(34)32(22-16-13-17-22)24(25(33)31-28(4,5)6)21-15-12-14-20(11-2)18-21/h11-12,14-15,18-19,22-24H,2,10,13,16-17H2,1,3-9H3,(H,30,35)(H,31,33). The van der Waals surface area contributed by atoms with Gasteiger partial charge in [0.15, 0.2) is 0 Å². The third kappa shape index (κ3) is 8.10. The highest BCUT2D eigenvalue weighted by atomic mass is 16.6. The van der Waals surface area contributed by atoms with Crippen LogP contribution in [0.25, 0.3) is 6.08 Å². The quantitative estimate of drug-likeness (QED) is 0.463. The Morgan fingerprint density at radius 1 is 1.17 bits per heavy atom. The van der Waals surface area contributed by atoms with Gasteiger partial charge in [-0.1, -0.05) is 51.1 Å². The van der Waals surface area contributed by atoms with Gasteiger partial charge in [-0.2, -0.15) is 0 Å². The van der Waals surface area contributed by atoms with Crippen molar-refractivity contribution in [2.24, 2.45) is 5.92 Å². The third-order valence-electron chi connectivity index (χ3n) is 6.36. The summed E-state index contributed by atoms with van der Waals surface area (Å²) in [6.45, 7) is 18.9. The maximum Gasteiger partial charge on any atom is 0.408 e. The summed E-state index contributed by atoms with van der Waals surface area (Å²) in [6.07, 6.45) is 4.37. The molecule has 0 bridgehead atoms. The minimum atomic E-state index is -0.839. The molecule has 0 aliphatic heterocycles. The van der Waals surface area contributed by atoms with Crippen LogP contribution in [-0.4, -0.2) is 46.0 Å². The number of rotatable bonds is 9. The molecule has 1 aromatic rings. The first kappa shape index (κ1) is 29.4. The Labute approximate surface area is 217 Å². The first-order valence-corrected chi connectivity index (χ1v) is 13.0. The summed E-state index contributed by atoms with van der Waals surface area (Å²) in [5, 5.41) is 5.90. The van der Waals surface area contributed by atoms with Gasteiger partial charge in [0.25, 0.3) is 0 Å². The largest absolute Gasteiger partial charge is 0.444 e. The van der Waals surface area contributed by atoms with Crippen molar-refractivity contribution in [2.45, 2.75) is 110 Å². The van der Waals surface area contributed by atoms with E-state index in [1.165, 1.54) is 0 Å². The minimum absolute atomic E-state index is 0.0902. The van der Waals surface area contributed by atoms with E-state index < -0.39 is 29.3 Å². The predicted octanol–water partition coefficient (Wildman–Crippen LogP) is 5.61. The monoisotopic (exact) mass is 499 g/mol. The Hall–Kier alpha value is -2.83. The number of carbonyl (C=O) groups is 3. The molecule has 0 aromatic heterocycles. The van der Waals surface area contributed by atoms with Crippen LogP contribution in [0.5, 0.6) is 0 Å². The lowest BCUT2D eigenvalue weighted by atomic mass is 9.86. The maximum absolute atomic E-state index is 14.3. The average molecular weight is 500 g/mol. The van der Waals surface area contributed by atoms with Gasteiger partial charge in [0.2, 0.25) is 11.8 Å². The summed E-state index contributed by atoms with van der Waals surface area (Å²) in [7, 11) is 0. The molecule has 1 aliphatic carbocycles. The van der Waals surface area contributed by atoms with E-state index in [0.29, 0.717) is 6.42 Å². The second-order valence-electron chi connectivity index (χ2n) is 11.9. The van der Waals surface area contributed by atoms with Crippen LogP contribution in [0.15, 0.2) is 30.8 Å². The number of nitrogens with one attached hydrogen (secondary N) is 2. The van der Waals surface area contributed by atoms with Crippen LogP contribution in [0.1, 0.15) is 98.2 Å². The van der Waals surface area contributed by atoms with Crippen molar-refractivity contribution < 1.29 is 19.1 Å². The van der Waals surface area contributed by atoms with E-state index in [4.69, 9.17) is 4.74 Å². The first-order valence-electron chi connectivity index (χ1n) is 13.0. The summed E-state index contributed by atoms with van der Waals surface area (Å²) < 4.78 is 5.47. The fraction of sp³-hybridized carbons (Fsp3) is 0.621. The number of benzene rings is 1. The Kier molecular flexibility index (Phi) is 9.75. The van der Waals surface area contributed by atoms with E-state index in [1.807, 2.05) is 58.9 Å². The molecule has 2 N–H and O–H groups in total. The maximum atomic E-state index is 14.3. The molecule has 1 aliphatic rings. The summed E-state index contributed by atoms with van der Waals surface area (Å²) >= 11 is 0. The topological polar surface area (TPSA) is 87.7 Å². The lowest BCUT2D eigenvalue weighted by Crippen LogP contribution is -2.60. The lowest BCUT2D eigenvalue weighted by Gasteiger charge is -2.45. The Bertz CT molecular complexity index is 941. The molecule has 0 spiro atoms. The lowest BCUT2D eigenvalue weighted by molar-refractivity contribution is -0.149. The Morgan fingerprint density at radius 3 is 2.28 bits per heavy atom. The van der Waals surface area contributed by atoms with E-state index in [1.54, 1.807) is 31.7 Å². The Balaban J connectivity index is 2.56. The second kappa shape index (κ2) is 11.9. The van der Waals surface area contributed by atoms with Crippen LogP contribution in [-0.2, 0) is 14.3 Å². The zero-order valence-corrected chi connectivity index (χ0v) is 23.3. The van der Waals surface area contributed by atoms with E-state index in [-0.39, 0.29) is 23.8 Å². The van der Waals surface area contributed by atoms with Gasteiger partial charge in [-0.25, -0.2) is 4.79 Å². The molecular weight excluding hydrogens is 454 g/mol. The fourth-order valence-electron chi connectivity index (χ4n) is 4.19. The van der Waals surface area contributed by atoms with Gasteiger partial charge in [-0.3, -0.25) is 9.59 Å². The van der Waals surface area contributed by atoms with Gasteiger partial charge >= 0.3 is 6.09 Å². The molecule has 7 heteroatoms. The van der Waals surface area contributed by atoms with E-state index in [9.17, 15) is 14.4 Å². The van der Waals surface area contributed by atoms with Crippen LogP contribution >= 0.6 is 0 Å². The highest BCUT2D eigenvalue weighted by molar-refractivity contribution is 5.93. The molecule has 0 radical (unpaired) electrons. The van der Waals surface area contributed by atoms with Crippen LogP contribution < -0.4 is 10.6 Å². The molecular formula is C29H45N3O4. The normalized spacial score (nSPS) is 16.7. The van der Waals surface area contributed by atoms with Crippen molar-refractivity contribution in [3.8, 4) is 0 Å². The number of nitrogens with zero attached hydrogens (tertiary/aromatic N) is 1. The zero-order valence-electron chi connectivity index (χ0n) is 23.3. The summed E-state index contributed by atoms with van der Waals surface area (Å²) in [4.78, 5) is 42.5. The number of ether oxygens (including phenoxy) is 1. The van der Waals surface area contributed by atoms with E-state index in [0.717, 1.165) is 30.4 Å².